The number of carbonyl (C=O) groups is 4. The lowest BCUT2D eigenvalue weighted by Crippen LogP contribution is -3.11. The van der Waals surface area contributed by atoms with Crippen molar-refractivity contribution in [2.75, 3.05) is 0 Å². The van der Waals surface area contributed by atoms with Gasteiger partial charge in [-0.15, -0.1) is 0 Å². The summed E-state index contributed by atoms with van der Waals surface area (Å²) in [5.41, 5.74) is 9.58. The van der Waals surface area contributed by atoms with Gasteiger partial charge in [0.1, 0.15) is 12.2 Å². The van der Waals surface area contributed by atoms with Gasteiger partial charge in [-0.2, -0.15) is 0 Å². The summed E-state index contributed by atoms with van der Waals surface area (Å²) in [6.07, 6.45) is 0.421. The van der Waals surface area contributed by atoms with Gasteiger partial charge in [0, 0.05) is 12.8 Å². The Morgan fingerprint density at radius 2 is 1.62 bits per heavy atom. The average Bonchev–Trinajstić information content (AvgIpc) is 2.53. The minimum Gasteiger partial charge on any atom is -0.654 e. The summed E-state index contributed by atoms with van der Waals surface area (Å²) in [5, 5.41) is 19.8. The summed E-state index contributed by atoms with van der Waals surface area (Å²) in [5.74, 6) is -2.48. The fourth-order valence-corrected chi connectivity index (χ4v) is 2.12. The van der Waals surface area contributed by atoms with Crippen LogP contribution in [-0.4, -0.2) is 45.3 Å². The quantitative estimate of drug-likeness (QED) is 0.154. The highest BCUT2D eigenvalue weighted by Gasteiger charge is 2.27. The standard InChI is InChI=1S/C10H13NO5Si.C5H10N2O2/c12-9(13)6-8(11(15)17)10(14)16-7-4-2-1-3-5-7;6-4(8)2-1-3-5(7)9/h1-5,8,11H,6H2,17H3,(H,12,13);1-3H2,(H2,6,8)(H2,7,9)/t8-;/m0./s1. The van der Waals surface area contributed by atoms with Crippen LogP contribution in [0.5, 0.6) is 5.75 Å². The molecule has 1 aromatic carbocycles. The Hall–Kier alpha value is -2.76. The van der Waals surface area contributed by atoms with Crippen LogP contribution >= 0.6 is 0 Å². The lowest BCUT2D eigenvalue weighted by Gasteiger charge is -2.26. The van der Waals surface area contributed by atoms with Crippen LogP contribution in [0.1, 0.15) is 25.7 Å². The molecule has 11 heteroatoms. The number of ether oxygens (including phenoxy) is 1. The van der Waals surface area contributed by atoms with Crippen LogP contribution in [-0.2, 0) is 19.2 Å². The fourth-order valence-electron chi connectivity index (χ4n) is 1.68. The molecule has 0 saturated heterocycles. The van der Waals surface area contributed by atoms with Gasteiger partial charge in [0.15, 0.2) is 6.04 Å². The first kappa shape index (κ1) is 23.2. The van der Waals surface area contributed by atoms with Crippen molar-refractivity contribution in [2.24, 2.45) is 11.5 Å². The van der Waals surface area contributed by atoms with E-state index >= 15 is 0 Å². The van der Waals surface area contributed by atoms with Gasteiger partial charge in [-0.25, -0.2) is 4.79 Å². The van der Waals surface area contributed by atoms with Crippen molar-refractivity contribution in [1.29, 1.82) is 0 Å². The Morgan fingerprint density at radius 3 is 2.00 bits per heavy atom. The number of carboxylic acid groups (broad SMARTS) is 1. The summed E-state index contributed by atoms with van der Waals surface area (Å²) in [6.45, 7) is 0. The summed E-state index contributed by atoms with van der Waals surface area (Å²) >= 11 is 0. The average molecular weight is 385 g/mol. The van der Waals surface area contributed by atoms with Crippen LogP contribution in [0.3, 0.4) is 0 Å². The number of nitrogens with one attached hydrogen (secondary N) is 1. The molecule has 144 valence electrons. The first-order chi connectivity index (χ1) is 12.1. The zero-order chi connectivity index (χ0) is 20.1. The number of rotatable bonds is 9. The maximum absolute atomic E-state index is 11.6. The number of hydroxylamine groups is 1. The van der Waals surface area contributed by atoms with Crippen LogP contribution in [0.2, 0.25) is 0 Å². The number of nitrogens with two attached hydrogens (primary N) is 2. The van der Waals surface area contributed by atoms with Crippen LogP contribution in [0.4, 0.5) is 0 Å². The highest BCUT2D eigenvalue weighted by Crippen LogP contribution is 2.09. The monoisotopic (exact) mass is 385 g/mol. The second-order valence-corrected chi connectivity index (χ2v) is 6.27. The van der Waals surface area contributed by atoms with Gasteiger partial charge >= 0.3 is 11.9 Å². The Bertz CT molecular complexity index is 597. The summed E-state index contributed by atoms with van der Waals surface area (Å²) in [6, 6.07) is 7.04. The lowest BCUT2D eigenvalue weighted by molar-refractivity contribution is -0.740. The largest absolute Gasteiger partial charge is 0.654 e. The molecule has 0 radical (unpaired) electrons. The molecule has 10 nitrogen and oxygen atoms in total. The van der Waals surface area contributed by atoms with Gasteiger partial charge in [0.2, 0.25) is 22.2 Å². The molecular weight excluding hydrogens is 362 g/mol. The summed E-state index contributed by atoms with van der Waals surface area (Å²) < 4.78 is 4.56. The Balaban J connectivity index is 0.000000590. The predicted molar refractivity (Wildman–Crippen MR) is 94.6 cm³/mol. The van der Waals surface area contributed by atoms with Gasteiger partial charge in [-0.05, 0) is 18.6 Å². The van der Waals surface area contributed by atoms with Crippen molar-refractivity contribution >= 4 is 34.2 Å². The van der Waals surface area contributed by atoms with Crippen molar-refractivity contribution in [3.63, 3.8) is 0 Å². The van der Waals surface area contributed by atoms with E-state index in [0.717, 1.165) is 0 Å². The van der Waals surface area contributed by atoms with Crippen molar-refractivity contribution < 1.29 is 33.8 Å². The van der Waals surface area contributed by atoms with E-state index in [2.05, 4.69) is 0 Å². The number of primary amides is 2. The van der Waals surface area contributed by atoms with Crippen LogP contribution in [0.25, 0.3) is 0 Å². The van der Waals surface area contributed by atoms with E-state index in [1.54, 1.807) is 30.3 Å². The third kappa shape index (κ3) is 11.7. The smallest absolute Gasteiger partial charge is 0.369 e. The number of carboxylic acids is 1. The van der Waals surface area contributed by atoms with Gasteiger partial charge in [0.25, 0.3) is 0 Å². The van der Waals surface area contributed by atoms with Crippen molar-refractivity contribution in [1.82, 2.24) is 0 Å². The molecular formula is C15H23N3O7Si. The SMILES string of the molecule is NC(=O)CCCC(N)=O.O=C(O)C[C@@H](C(=O)Oc1ccccc1)[NH+]([O-])[SiH3]. The van der Waals surface area contributed by atoms with Gasteiger partial charge < -0.3 is 31.2 Å². The molecule has 26 heavy (non-hydrogen) atoms. The summed E-state index contributed by atoms with van der Waals surface area (Å²) in [4.78, 5) is 42.2. The van der Waals surface area contributed by atoms with E-state index in [9.17, 15) is 24.4 Å². The van der Waals surface area contributed by atoms with E-state index in [-0.39, 0.29) is 28.0 Å². The summed E-state index contributed by atoms with van der Waals surface area (Å²) in [7, 11) is 0.119. The van der Waals surface area contributed by atoms with E-state index in [1.807, 2.05) is 0 Å². The second kappa shape index (κ2) is 12.6. The molecule has 2 atom stereocenters. The van der Waals surface area contributed by atoms with E-state index < -0.39 is 36.2 Å². The number of hydrogen-bond donors (Lipinski definition) is 4. The number of esters is 1. The normalized spacial score (nSPS) is 12.2. The first-order valence-corrected chi connectivity index (χ1v) is 8.69. The zero-order valence-electron chi connectivity index (χ0n) is 14.3. The minimum absolute atomic E-state index is 0.119. The fraction of sp³-hybridized carbons (Fsp3) is 0.333. The number of hydrogen-bond acceptors (Lipinski definition) is 6. The Morgan fingerprint density at radius 1 is 1.12 bits per heavy atom. The second-order valence-electron chi connectivity index (χ2n) is 5.28. The minimum atomic E-state index is -1.20. The van der Waals surface area contributed by atoms with Crippen LogP contribution < -0.4 is 20.9 Å². The molecule has 1 unspecified atom stereocenters. The molecule has 6 N–H and O–H groups in total. The van der Waals surface area contributed by atoms with Crippen molar-refractivity contribution in [3.8, 4) is 5.75 Å². The lowest BCUT2D eigenvalue weighted by atomic mass is 10.2. The molecule has 0 saturated carbocycles. The molecule has 0 aliphatic heterocycles. The van der Waals surface area contributed by atoms with Crippen molar-refractivity contribution in [3.05, 3.63) is 35.5 Å². The van der Waals surface area contributed by atoms with E-state index in [0.29, 0.717) is 12.2 Å². The maximum Gasteiger partial charge on any atom is 0.369 e. The van der Waals surface area contributed by atoms with Gasteiger partial charge in [-0.3, -0.25) is 14.4 Å². The molecule has 0 aliphatic rings. The number of benzene rings is 1. The maximum atomic E-state index is 11.6. The number of quaternary nitrogens is 1. The molecule has 2 amide bonds. The molecule has 0 bridgehead atoms. The molecule has 0 aliphatic carbocycles. The predicted octanol–water partition coefficient (Wildman–Crippen LogP) is -2.77. The van der Waals surface area contributed by atoms with Gasteiger partial charge in [-0.1, -0.05) is 18.2 Å². The first-order valence-electron chi connectivity index (χ1n) is 7.69. The highest BCUT2D eigenvalue weighted by atomic mass is 28.2. The Labute approximate surface area is 153 Å². The molecule has 1 rings (SSSR count). The third-order valence-electron chi connectivity index (χ3n) is 2.96. The number of aliphatic carboxylic acids is 1. The number of carbonyl (C=O) groups excluding carboxylic acids is 3. The molecule has 0 spiro atoms. The van der Waals surface area contributed by atoms with Crippen LogP contribution in [0.15, 0.2) is 30.3 Å². The van der Waals surface area contributed by atoms with Gasteiger partial charge in [0.05, 0.1) is 0 Å². The Kier molecular flexibility index (Phi) is 11.2. The van der Waals surface area contributed by atoms with E-state index in [1.165, 1.54) is 0 Å². The molecule has 0 heterocycles. The van der Waals surface area contributed by atoms with E-state index in [4.69, 9.17) is 21.3 Å². The highest BCUT2D eigenvalue weighted by molar-refractivity contribution is 5.97. The van der Waals surface area contributed by atoms with Crippen molar-refractivity contribution in [2.45, 2.75) is 31.7 Å². The molecule has 0 aromatic heterocycles. The number of amides is 2. The molecule has 1 aromatic rings. The number of para-hydroxylation sites is 1. The topological polar surface area (TPSA) is 177 Å². The zero-order valence-corrected chi connectivity index (χ0v) is 16.3. The third-order valence-corrected chi connectivity index (χ3v) is 3.66. The van der Waals surface area contributed by atoms with Crippen LogP contribution in [0, 0.1) is 5.21 Å². The molecule has 0 fully saturated rings.